The van der Waals surface area contributed by atoms with Gasteiger partial charge >= 0.3 is 0 Å². The quantitative estimate of drug-likeness (QED) is 0.939. The Morgan fingerprint density at radius 2 is 1.75 bits per heavy atom. The summed E-state index contributed by atoms with van der Waals surface area (Å²) in [7, 11) is 0. The Bertz CT molecular complexity index is 685. The average molecular weight is 323 g/mol. The molecule has 24 heavy (non-hydrogen) atoms. The summed E-state index contributed by atoms with van der Waals surface area (Å²) in [5.74, 6) is -0.113. The molecule has 124 valence electrons. The Hall–Kier alpha value is -2.43. The molecular formula is C20H21NO3. The van der Waals surface area contributed by atoms with Gasteiger partial charge in [-0.25, -0.2) is 0 Å². The maximum Gasteiger partial charge on any atom is 0.251 e. The fraction of sp³-hybridized carbons (Fsp3) is 0.250. The predicted molar refractivity (Wildman–Crippen MR) is 93.5 cm³/mol. The number of nitrogens with one attached hydrogen (secondary N) is 1. The Morgan fingerprint density at radius 1 is 1.08 bits per heavy atom. The number of rotatable bonds is 4. The van der Waals surface area contributed by atoms with Crippen molar-refractivity contribution in [1.29, 1.82) is 0 Å². The Balaban J connectivity index is 1.54. The van der Waals surface area contributed by atoms with E-state index < -0.39 is 6.29 Å². The van der Waals surface area contributed by atoms with Crippen LogP contribution < -0.4 is 5.32 Å². The van der Waals surface area contributed by atoms with Crippen LogP contribution in [0.1, 0.15) is 22.8 Å². The lowest BCUT2D eigenvalue weighted by Gasteiger charge is -2.34. The number of benzene rings is 2. The zero-order valence-corrected chi connectivity index (χ0v) is 13.6. The molecule has 4 nitrogen and oxygen atoms in total. The van der Waals surface area contributed by atoms with Gasteiger partial charge in [0.2, 0.25) is 0 Å². The van der Waals surface area contributed by atoms with Gasteiger partial charge in [-0.1, -0.05) is 54.6 Å². The second-order valence-corrected chi connectivity index (χ2v) is 5.76. The van der Waals surface area contributed by atoms with Crippen LogP contribution in [0.3, 0.4) is 0 Å². The molecule has 1 heterocycles. The summed E-state index contributed by atoms with van der Waals surface area (Å²) in [6, 6.07) is 19.0. The van der Waals surface area contributed by atoms with E-state index in [0.29, 0.717) is 12.2 Å². The minimum atomic E-state index is -0.398. The molecule has 1 amide bonds. The van der Waals surface area contributed by atoms with Gasteiger partial charge in [0.25, 0.3) is 5.91 Å². The van der Waals surface area contributed by atoms with Crippen molar-refractivity contribution in [2.45, 2.75) is 25.4 Å². The van der Waals surface area contributed by atoms with Gasteiger partial charge in [0.15, 0.2) is 6.29 Å². The minimum Gasteiger partial charge on any atom is -0.347 e. The van der Waals surface area contributed by atoms with Crippen LogP contribution in [0.25, 0.3) is 6.08 Å². The van der Waals surface area contributed by atoms with E-state index in [9.17, 15) is 4.79 Å². The van der Waals surface area contributed by atoms with Crippen LogP contribution in [-0.2, 0) is 9.47 Å². The molecule has 1 N–H and O–H groups in total. The number of carbonyl (C=O) groups excluding carboxylic acids is 1. The molecule has 0 saturated carbocycles. The number of ether oxygens (including phenoxy) is 2. The SMILES string of the molecule is C[C@@H]1O[C@@H](C=Cc2ccccc2)OC[C@H]1NC(=O)c1ccccc1. The summed E-state index contributed by atoms with van der Waals surface area (Å²) in [5.41, 5.74) is 1.73. The average Bonchev–Trinajstić information content (AvgIpc) is 2.63. The van der Waals surface area contributed by atoms with Crippen LogP contribution >= 0.6 is 0 Å². The molecule has 1 aliphatic rings. The van der Waals surface area contributed by atoms with Gasteiger partial charge in [-0.05, 0) is 30.7 Å². The van der Waals surface area contributed by atoms with Crippen molar-refractivity contribution in [3.63, 3.8) is 0 Å². The van der Waals surface area contributed by atoms with Gasteiger partial charge in [-0.3, -0.25) is 4.79 Å². The van der Waals surface area contributed by atoms with Gasteiger partial charge < -0.3 is 14.8 Å². The van der Waals surface area contributed by atoms with Crippen LogP contribution in [0.4, 0.5) is 0 Å². The second kappa shape index (κ2) is 7.90. The van der Waals surface area contributed by atoms with E-state index in [0.717, 1.165) is 5.56 Å². The highest BCUT2D eigenvalue weighted by atomic mass is 16.7. The lowest BCUT2D eigenvalue weighted by molar-refractivity contribution is -0.192. The van der Waals surface area contributed by atoms with E-state index >= 15 is 0 Å². The topological polar surface area (TPSA) is 47.6 Å². The summed E-state index contributed by atoms with van der Waals surface area (Å²) >= 11 is 0. The summed E-state index contributed by atoms with van der Waals surface area (Å²) in [5, 5.41) is 2.97. The first-order chi connectivity index (χ1) is 11.7. The highest BCUT2D eigenvalue weighted by Gasteiger charge is 2.29. The number of carbonyl (C=O) groups is 1. The normalized spacial score (nSPS) is 24.0. The van der Waals surface area contributed by atoms with Crippen LogP contribution in [0, 0.1) is 0 Å². The number of hydrogen-bond donors (Lipinski definition) is 1. The molecule has 3 atom stereocenters. The summed E-state index contributed by atoms with van der Waals surface area (Å²) in [4.78, 5) is 12.2. The summed E-state index contributed by atoms with van der Waals surface area (Å²) in [6.45, 7) is 2.37. The summed E-state index contributed by atoms with van der Waals surface area (Å²) in [6.07, 6.45) is 3.34. The largest absolute Gasteiger partial charge is 0.347 e. The third-order valence-corrected chi connectivity index (χ3v) is 3.95. The molecular weight excluding hydrogens is 302 g/mol. The minimum absolute atomic E-state index is 0.113. The summed E-state index contributed by atoms with van der Waals surface area (Å²) < 4.78 is 11.5. The smallest absolute Gasteiger partial charge is 0.251 e. The predicted octanol–water partition coefficient (Wildman–Crippen LogP) is 3.26. The molecule has 0 radical (unpaired) electrons. The first kappa shape index (κ1) is 16.4. The van der Waals surface area contributed by atoms with Crippen molar-refractivity contribution in [3.05, 3.63) is 77.9 Å². The van der Waals surface area contributed by atoms with Crippen molar-refractivity contribution in [2.24, 2.45) is 0 Å². The third kappa shape index (κ3) is 4.31. The second-order valence-electron chi connectivity index (χ2n) is 5.76. The van der Waals surface area contributed by atoms with Crippen LogP contribution in [-0.4, -0.2) is 30.9 Å². The number of amides is 1. The Morgan fingerprint density at radius 3 is 2.42 bits per heavy atom. The van der Waals surface area contributed by atoms with E-state index in [2.05, 4.69) is 5.32 Å². The monoisotopic (exact) mass is 323 g/mol. The molecule has 0 spiro atoms. The molecule has 4 heteroatoms. The Labute approximate surface area is 142 Å². The van der Waals surface area contributed by atoms with Gasteiger partial charge in [0.05, 0.1) is 18.8 Å². The van der Waals surface area contributed by atoms with Crippen molar-refractivity contribution in [1.82, 2.24) is 5.32 Å². The highest BCUT2D eigenvalue weighted by Crippen LogP contribution is 2.16. The van der Waals surface area contributed by atoms with Crippen LogP contribution in [0.15, 0.2) is 66.7 Å². The molecule has 1 fully saturated rings. The lowest BCUT2D eigenvalue weighted by atomic mass is 10.1. The number of hydrogen-bond acceptors (Lipinski definition) is 3. The zero-order chi connectivity index (χ0) is 16.8. The van der Waals surface area contributed by atoms with Crippen LogP contribution in [0.2, 0.25) is 0 Å². The molecule has 1 saturated heterocycles. The van der Waals surface area contributed by atoms with Crippen molar-refractivity contribution >= 4 is 12.0 Å². The fourth-order valence-corrected chi connectivity index (χ4v) is 2.53. The van der Waals surface area contributed by atoms with Crippen molar-refractivity contribution in [2.75, 3.05) is 6.61 Å². The Kier molecular flexibility index (Phi) is 5.41. The standard InChI is InChI=1S/C20H21NO3/c1-15-18(21-20(22)17-10-6-3-7-11-17)14-23-19(24-15)13-12-16-8-4-2-5-9-16/h2-13,15,18-19H,14H2,1H3,(H,21,22)/t15-,18+,19-/m0/s1. The van der Waals surface area contributed by atoms with Gasteiger partial charge in [0.1, 0.15) is 0 Å². The fourth-order valence-electron chi connectivity index (χ4n) is 2.53. The molecule has 1 aliphatic heterocycles. The molecule has 3 rings (SSSR count). The van der Waals surface area contributed by atoms with E-state index in [-0.39, 0.29) is 18.1 Å². The highest BCUT2D eigenvalue weighted by molar-refractivity contribution is 5.94. The van der Waals surface area contributed by atoms with E-state index in [1.807, 2.05) is 67.6 Å². The molecule has 0 aromatic heterocycles. The molecule has 2 aromatic carbocycles. The molecule has 2 aromatic rings. The van der Waals surface area contributed by atoms with Gasteiger partial charge in [-0.15, -0.1) is 0 Å². The zero-order valence-electron chi connectivity index (χ0n) is 13.6. The van der Waals surface area contributed by atoms with Gasteiger partial charge in [-0.2, -0.15) is 0 Å². The van der Waals surface area contributed by atoms with E-state index in [4.69, 9.17) is 9.47 Å². The van der Waals surface area contributed by atoms with Crippen molar-refractivity contribution in [3.8, 4) is 0 Å². The molecule has 0 aliphatic carbocycles. The first-order valence-electron chi connectivity index (χ1n) is 8.08. The first-order valence-corrected chi connectivity index (χ1v) is 8.08. The maximum absolute atomic E-state index is 12.2. The lowest BCUT2D eigenvalue weighted by Crippen LogP contribution is -2.51. The third-order valence-electron chi connectivity index (χ3n) is 3.95. The van der Waals surface area contributed by atoms with Crippen molar-refractivity contribution < 1.29 is 14.3 Å². The van der Waals surface area contributed by atoms with E-state index in [1.54, 1.807) is 12.1 Å². The van der Waals surface area contributed by atoms with Crippen LogP contribution in [0.5, 0.6) is 0 Å². The van der Waals surface area contributed by atoms with E-state index in [1.165, 1.54) is 0 Å². The molecule has 0 bridgehead atoms. The van der Waals surface area contributed by atoms with Gasteiger partial charge in [0, 0.05) is 5.56 Å². The molecule has 0 unspecified atom stereocenters. The maximum atomic E-state index is 12.2.